The number of aromatic nitrogens is 7. The van der Waals surface area contributed by atoms with Crippen LogP contribution in [0.5, 0.6) is 0 Å². The monoisotopic (exact) mass is 284 g/mol. The molecule has 0 saturated carbocycles. The first-order valence-corrected chi connectivity index (χ1v) is 7.20. The average Bonchev–Trinajstić information content (AvgIpc) is 3.18. The van der Waals surface area contributed by atoms with Crippen LogP contribution in [-0.2, 0) is 6.54 Å². The van der Waals surface area contributed by atoms with Crippen LogP contribution in [0.4, 0.5) is 5.82 Å². The maximum Gasteiger partial charge on any atom is 0.200 e. The molecule has 0 aromatic carbocycles. The van der Waals surface area contributed by atoms with E-state index in [9.17, 15) is 0 Å². The van der Waals surface area contributed by atoms with Crippen molar-refractivity contribution in [3.63, 3.8) is 0 Å². The summed E-state index contributed by atoms with van der Waals surface area (Å²) < 4.78 is 3.47. The summed E-state index contributed by atoms with van der Waals surface area (Å²) in [7, 11) is 0. The number of hydrogen-bond acceptors (Lipinski definition) is 6. The van der Waals surface area contributed by atoms with E-state index >= 15 is 0 Å². The molecule has 0 aliphatic carbocycles. The molecule has 8 nitrogen and oxygen atoms in total. The van der Waals surface area contributed by atoms with Crippen LogP contribution in [0.1, 0.15) is 19.3 Å². The van der Waals surface area contributed by atoms with Crippen molar-refractivity contribution in [1.29, 1.82) is 0 Å². The fraction of sp³-hybridized carbons (Fsp3) is 0.462. The van der Waals surface area contributed by atoms with Gasteiger partial charge >= 0.3 is 0 Å². The van der Waals surface area contributed by atoms with Gasteiger partial charge in [0.25, 0.3) is 0 Å². The van der Waals surface area contributed by atoms with Gasteiger partial charge in [-0.25, -0.2) is 0 Å². The van der Waals surface area contributed by atoms with Crippen LogP contribution in [0.25, 0.3) is 5.65 Å². The van der Waals surface area contributed by atoms with Crippen molar-refractivity contribution in [1.82, 2.24) is 35.0 Å². The second-order valence-electron chi connectivity index (χ2n) is 5.29. The van der Waals surface area contributed by atoms with Crippen molar-refractivity contribution in [2.24, 2.45) is 0 Å². The summed E-state index contributed by atoms with van der Waals surface area (Å²) in [5, 5.41) is 20.2. The minimum atomic E-state index is 0.403. The zero-order valence-corrected chi connectivity index (χ0v) is 11.6. The normalized spacial score (nSPS) is 19.2. The van der Waals surface area contributed by atoms with Gasteiger partial charge in [-0.15, -0.1) is 14.8 Å². The lowest BCUT2D eigenvalue weighted by molar-refractivity contribution is 0.395. The smallest absolute Gasteiger partial charge is 0.200 e. The Morgan fingerprint density at radius 1 is 1.24 bits per heavy atom. The van der Waals surface area contributed by atoms with Crippen LogP contribution in [-0.4, -0.2) is 47.6 Å². The predicted octanol–water partition coefficient (Wildman–Crippen LogP) is 0.775. The minimum Gasteiger partial charge on any atom is -0.350 e. The topological polar surface area (TPSA) is 77.0 Å². The molecule has 1 aliphatic rings. The highest BCUT2D eigenvalue weighted by molar-refractivity contribution is 5.45. The van der Waals surface area contributed by atoms with E-state index in [4.69, 9.17) is 0 Å². The third kappa shape index (κ3) is 2.32. The number of fused-ring (bicyclic) bond motifs is 1. The largest absolute Gasteiger partial charge is 0.350 e. The lowest BCUT2D eigenvalue weighted by Crippen LogP contribution is -2.43. The second kappa shape index (κ2) is 5.12. The number of tetrazole rings is 1. The van der Waals surface area contributed by atoms with Gasteiger partial charge in [0, 0.05) is 18.9 Å². The van der Waals surface area contributed by atoms with Gasteiger partial charge in [-0.1, -0.05) is 0 Å². The molecule has 8 heteroatoms. The number of piperidine rings is 1. The van der Waals surface area contributed by atoms with Gasteiger partial charge < -0.3 is 4.90 Å². The molecular formula is C13H16N8. The summed E-state index contributed by atoms with van der Waals surface area (Å²) >= 11 is 0. The van der Waals surface area contributed by atoms with E-state index in [0.29, 0.717) is 11.7 Å². The highest BCUT2D eigenvalue weighted by atomic mass is 15.6. The first-order valence-electron chi connectivity index (χ1n) is 7.20. The molecule has 3 aromatic heterocycles. The summed E-state index contributed by atoms with van der Waals surface area (Å²) in [6.07, 6.45) is 7.40. The predicted molar refractivity (Wildman–Crippen MR) is 75.8 cm³/mol. The van der Waals surface area contributed by atoms with Crippen LogP contribution in [0.15, 0.2) is 30.6 Å². The fourth-order valence-corrected chi connectivity index (χ4v) is 2.91. The van der Waals surface area contributed by atoms with E-state index < -0.39 is 0 Å². The van der Waals surface area contributed by atoms with E-state index in [0.717, 1.165) is 25.3 Å². The Labute approximate surface area is 121 Å². The summed E-state index contributed by atoms with van der Waals surface area (Å²) in [4.78, 5) is 2.34. The average molecular weight is 284 g/mol. The molecule has 0 amide bonds. The maximum absolute atomic E-state index is 4.52. The molecule has 108 valence electrons. The van der Waals surface area contributed by atoms with Gasteiger partial charge in [0.05, 0.1) is 12.6 Å². The molecule has 4 heterocycles. The first kappa shape index (κ1) is 12.2. The molecule has 1 saturated heterocycles. The molecule has 0 bridgehead atoms. The Balaban J connectivity index is 1.63. The van der Waals surface area contributed by atoms with E-state index in [-0.39, 0.29) is 0 Å². The second-order valence-corrected chi connectivity index (χ2v) is 5.29. The third-order valence-corrected chi connectivity index (χ3v) is 3.93. The van der Waals surface area contributed by atoms with Gasteiger partial charge in [0.2, 0.25) is 0 Å². The lowest BCUT2D eigenvalue weighted by atomic mass is 10.0. The van der Waals surface area contributed by atoms with Crippen LogP contribution in [0.3, 0.4) is 0 Å². The molecule has 3 aromatic rings. The molecule has 0 radical (unpaired) electrons. The number of anilines is 1. The van der Waals surface area contributed by atoms with E-state index in [2.05, 4.69) is 30.6 Å². The summed E-state index contributed by atoms with van der Waals surface area (Å²) in [6.45, 7) is 1.88. The van der Waals surface area contributed by atoms with Crippen LogP contribution >= 0.6 is 0 Å². The molecule has 1 aliphatic heterocycles. The molecule has 0 spiro atoms. The SMILES string of the molecule is c1cnn(CC2CCCCN2c2ccc3nnnn3n2)c1. The summed E-state index contributed by atoms with van der Waals surface area (Å²) in [5.41, 5.74) is 0.666. The van der Waals surface area contributed by atoms with E-state index in [1.807, 2.05) is 35.3 Å². The summed E-state index contributed by atoms with van der Waals surface area (Å²) in [6, 6.07) is 6.26. The lowest BCUT2D eigenvalue weighted by Gasteiger charge is -2.36. The van der Waals surface area contributed by atoms with Gasteiger partial charge in [-0.2, -0.15) is 5.10 Å². The van der Waals surface area contributed by atoms with Crippen molar-refractivity contribution in [3.05, 3.63) is 30.6 Å². The Hall–Kier alpha value is -2.51. The highest BCUT2D eigenvalue weighted by Gasteiger charge is 2.24. The van der Waals surface area contributed by atoms with E-state index in [1.54, 1.807) is 0 Å². The van der Waals surface area contributed by atoms with Gasteiger partial charge in [-0.3, -0.25) is 4.68 Å². The molecule has 0 N–H and O–H groups in total. The van der Waals surface area contributed by atoms with Crippen molar-refractivity contribution < 1.29 is 0 Å². The number of rotatable bonds is 3. The minimum absolute atomic E-state index is 0.403. The molecular weight excluding hydrogens is 268 g/mol. The number of hydrogen-bond donors (Lipinski definition) is 0. The quantitative estimate of drug-likeness (QED) is 0.707. The van der Waals surface area contributed by atoms with Gasteiger partial charge in [0.15, 0.2) is 11.5 Å². The van der Waals surface area contributed by atoms with Crippen LogP contribution in [0.2, 0.25) is 0 Å². The van der Waals surface area contributed by atoms with Crippen molar-refractivity contribution in [2.75, 3.05) is 11.4 Å². The van der Waals surface area contributed by atoms with Crippen molar-refractivity contribution >= 4 is 11.5 Å². The third-order valence-electron chi connectivity index (χ3n) is 3.93. The maximum atomic E-state index is 4.52. The van der Waals surface area contributed by atoms with Crippen LogP contribution in [0, 0.1) is 0 Å². The van der Waals surface area contributed by atoms with E-state index in [1.165, 1.54) is 17.5 Å². The van der Waals surface area contributed by atoms with Gasteiger partial charge in [-0.05, 0) is 47.9 Å². The Morgan fingerprint density at radius 2 is 2.24 bits per heavy atom. The highest BCUT2D eigenvalue weighted by Crippen LogP contribution is 2.24. The zero-order chi connectivity index (χ0) is 14.1. The Bertz CT molecular complexity index is 719. The van der Waals surface area contributed by atoms with Crippen molar-refractivity contribution in [2.45, 2.75) is 31.8 Å². The van der Waals surface area contributed by atoms with Crippen molar-refractivity contribution in [3.8, 4) is 0 Å². The molecule has 1 unspecified atom stereocenters. The number of nitrogens with zero attached hydrogens (tertiary/aromatic N) is 8. The Kier molecular flexibility index (Phi) is 2.98. The molecule has 1 fully saturated rings. The Morgan fingerprint density at radius 3 is 3.14 bits per heavy atom. The summed E-state index contributed by atoms with van der Waals surface area (Å²) in [5.74, 6) is 0.923. The van der Waals surface area contributed by atoms with Crippen LogP contribution < -0.4 is 4.90 Å². The fourth-order valence-electron chi connectivity index (χ4n) is 2.91. The van der Waals surface area contributed by atoms with Gasteiger partial charge in [0.1, 0.15) is 0 Å². The molecule has 1 atom stereocenters. The molecule has 4 rings (SSSR count). The molecule has 21 heavy (non-hydrogen) atoms. The zero-order valence-electron chi connectivity index (χ0n) is 11.6. The standard InChI is InChI=1S/C13H16N8/c1-2-9-20(11(4-1)10-19-8-3-7-14-19)13-6-5-12-15-17-18-21(12)16-13/h3,5-8,11H,1-2,4,9-10H2. The first-order chi connectivity index (χ1) is 10.4.